The van der Waals surface area contributed by atoms with E-state index in [4.69, 9.17) is 0 Å². The van der Waals surface area contributed by atoms with Crippen molar-refractivity contribution >= 4 is 23.1 Å². The Hall–Kier alpha value is -0.0300. The van der Waals surface area contributed by atoms with Gasteiger partial charge < -0.3 is 5.32 Å². The second-order valence-corrected chi connectivity index (χ2v) is 7.51. The van der Waals surface area contributed by atoms with E-state index in [0.29, 0.717) is 0 Å². The summed E-state index contributed by atoms with van der Waals surface area (Å²) >= 11 is 3.97. The van der Waals surface area contributed by atoms with Gasteiger partial charge in [-0.15, -0.1) is 11.3 Å². The van der Waals surface area contributed by atoms with Crippen molar-refractivity contribution in [3.05, 3.63) is 21.4 Å². The van der Waals surface area contributed by atoms with Crippen molar-refractivity contribution in [3.63, 3.8) is 0 Å². The van der Waals surface area contributed by atoms with Crippen LogP contribution in [-0.4, -0.2) is 36.5 Å². The number of nitrogens with one attached hydrogen (secondary N) is 1. The van der Waals surface area contributed by atoms with Gasteiger partial charge in [0.1, 0.15) is 0 Å². The summed E-state index contributed by atoms with van der Waals surface area (Å²) in [4.78, 5) is 5.57. The van der Waals surface area contributed by atoms with Crippen LogP contribution in [0.5, 0.6) is 0 Å². The van der Waals surface area contributed by atoms with E-state index in [1.54, 1.807) is 0 Å². The summed E-state index contributed by atoms with van der Waals surface area (Å²) in [5.74, 6) is 0. The minimum absolute atomic E-state index is 0.893. The zero-order valence-electron chi connectivity index (χ0n) is 11.7. The van der Waals surface area contributed by atoms with E-state index < -0.39 is 0 Å². The van der Waals surface area contributed by atoms with Gasteiger partial charge in [-0.1, -0.05) is 0 Å². The van der Waals surface area contributed by atoms with Crippen LogP contribution >= 0.6 is 23.1 Å². The Morgan fingerprint density at radius 2 is 2.17 bits per heavy atom. The fourth-order valence-electron chi connectivity index (χ4n) is 2.55. The maximum atomic E-state index is 3.24. The fourth-order valence-corrected chi connectivity index (χ4v) is 4.30. The zero-order valence-corrected chi connectivity index (χ0v) is 13.3. The molecule has 0 aromatic carbocycles. The molecule has 1 aliphatic rings. The summed E-state index contributed by atoms with van der Waals surface area (Å²) < 4.78 is 0. The van der Waals surface area contributed by atoms with Crippen LogP contribution < -0.4 is 5.32 Å². The second kappa shape index (κ2) is 6.94. The lowest BCUT2D eigenvalue weighted by molar-refractivity contribution is 0.225. The van der Waals surface area contributed by atoms with Crippen molar-refractivity contribution in [2.24, 2.45) is 0 Å². The first kappa shape index (κ1) is 14.4. The molecule has 2 heterocycles. The van der Waals surface area contributed by atoms with Crippen molar-refractivity contribution in [2.75, 3.05) is 26.4 Å². The van der Waals surface area contributed by atoms with Crippen LogP contribution in [0, 0.1) is 6.92 Å². The number of piperidine rings is 1. The third-order valence-corrected chi connectivity index (χ3v) is 5.92. The number of aryl methyl sites for hydroxylation is 1. The molecular formula is C14H24N2S2. The lowest BCUT2D eigenvalue weighted by atomic mass is 10.1. The SMILES string of the molecule is CNCc1cc(CN2CCC(SC)CC2)c(C)s1. The maximum Gasteiger partial charge on any atom is 0.0296 e. The molecule has 2 rings (SSSR count). The number of hydrogen-bond acceptors (Lipinski definition) is 4. The molecule has 0 atom stereocenters. The van der Waals surface area contributed by atoms with Gasteiger partial charge in [0.25, 0.3) is 0 Å². The predicted octanol–water partition coefficient (Wildman–Crippen LogP) is 3.10. The number of thiophene rings is 1. The molecule has 0 amide bonds. The molecule has 0 spiro atoms. The van der Waals surface area contributed by atoms with Crippen LogP contribution in [0.3, 0.4) is 0 Å². The molecule has 1 saturated heterocycles. The first-order chi connectivity index (χ1) is 8.72. The molecule has 2 nitrogen and oxygen atoms in total. The van der Waals surface area contributed by atoms with E-state index in [9.17, 15) is 0 Å². The van der Waals surface area contributed by atoms with Crippen LogP contribution in [0.1, 0.15) is 28.2 Å². The predicted molar refractivity (Wildman–Crippen MR) is 83.6 cm³/mol. The highest BCUT2D eigenvalue weighted by Gasteiger charge is 2.19. The zero-order chi connectivity index (χ0) is 13.0. The smallest absolute Gasteiger partial charge is 0.0296 e. The monoisotopic (exact) mass is 284 g/mol. The molecular weight excluding hydrogens is 260 g/mol. The second-order valence-electron chi connectivity index (χ2n) is 5.04. The highest BCUT2D eigenvalue weighted by Crippen LogP contribution is 2.26. The van der Waals surface area contributed by atoms with Crippen molar-refractivity contribution in [2.45, 2.75) is 38.1 Å². The lowest BCUT2D eigenvalue weighted by Crippen LogP contribution is -2.34. The Labute approximate surface area is 119 Å². The third-order valence-electron chi connectivity index (χ3n) is 3.68. The minimum atomic E-state index is 0.893. The average molecular weight is 284 g/mol. The Bertz CT molecular complexity index is 368. The molecule has 1 aliphatic heterocycles. The van der Waals surface area contributed by atoms with Gasteiger partial charge in [-0.05, 0) is 57.8 Å². The minimum Gasteiger partial charge on any atom is -0.315 e. The molecule has 0 aliphatic carbocycles. The number of rotatable bonds is 5. The summed E-state index contributed by atoms with van der Waals surface area (Å²) in [7, 11) is 2.02. The molecule has 1 aromatic rings. The fraction of sp³-hybridized carbons (Fsp3) is 0.714. The molecule has 1 aromatic heterocycles. The van der Waals surface area contributed by atoms with Gasteiger partial charge in [0.05, 0.1) is 0 Å². The van der Waals surface area contributed by atoms with Gasteiger partial charge in [-0.3, -0.25) is 4.90 Å². The van der Waals surface area contributed by atoms with E-state index in [1.165, 1.54) is 41.2 Å². The quantitative estimate of drug-likeness (QED) is 0.894. The highest BCUT2D eigenvalue weighted by atomic mass is 32.2. The van der Waals surface area contributed by atoms with Crippen LogP contribution in [0.15, 0.2) is 6.07 Å². The highest BCUT2D eigenvalue weighted by molar-refractivity contribution is 7.99. The molecule has 1 fully saturated rings. The van der Waals surface area contributed by atoms with Crippen molar-refractivity contribution < 1.29 is 0 Å². The van der Waals surface area contributed by atoms with E-state index in [-0.39, 0.29) is 0 Å². The van der Waals surface area contributed by atoms with Crippen LogP contribution in [0.25, 0.3) is 0 Å². The normalized spacial score (nSPS) is 18.4. The van der Waals surface area contributed by atoms with Crippen LogP contribution in [0.2, 0.25) is 0 Å². The summed E-state index contributed by atoms with van der Waals surface area (Å²) in [5.41, 5.74) is 1.54. The molecule has 4 heteroatoms. The topological polar surface area (TPSA) is 15.3 Å². The molecule has 102 valence electrons. The number of hydrogen-bond donors (Lipinski definition) is 1. The van der Waals surface area contributed by atoms with Crippen molar-refractivity contribution in [1.29, 1.82) is 0 Å². The molecule has 0 unspecified atom stereocenters. The maximum absolute atomic E-state index is 3.24. The van der Waals surface area contributed by atoms with Gasteiger partial charge in [0.2, 0.25) is 0 Å². The number of thioether (sulfide) groups is 1. The van der Waals surface area contributed by atoms with Gasteiger partial charge in [-0.25, -0.2) is 0 Å². The third kappa shape index (κ3) is 3.73. The van der Waals surface area contributed by atoms with Crippen LogP contribution in [0.4, 0.5) is 0 Å². The first-order valence-corrected chi connectivity index (χ1v) is 8.81. The van der Waals surface area contributed by atoms with Crippen LogP contribution in [-0.2, 0) is 13.1 Å². The Morgan fingerprint density at radius 1 is 1.44 bits per heavy atom. The Kier molecular flexibility index (Phi) is 5.55. The summed E-state index contributed by atoms with van der Waals surface area (Å²) in [6.07, 6.45) is 4.95. The van der Waals surface area contributed by atoms with Gasteiger partial charge >= 0.3 is 0 Å². The average Bonchev–Trinajstić information content (AvgIpc) is 2.71. The van der Waals surface area contributed by atoms with Gasteiger partial charge in [0.15, 0.2) is 0 Å². The standard InChI is InChI=1S/C14H24N2S2/c1-11-12(8-14(18-11)9-15-2)10-16-6-4-13(17-3)5-7-16/h8,13,15H,4-7,9-10H2,1-3H3. The largest absolute Gasteiger partial charge is 0.315 e. The molecule has 18 heavy (non-hydrogen) atoms. The number of nitrogens with zero attached hydrogens (tertiary/aromatic N) is 1. The molecule has 1 N–H and O–H groups in total. The molecule has 0 saturated carbocycles. The lowest BCUT2D eigenvalue weighted by Gasteiger charge is -2.31. The summed E-state index contributed by atoms with van der Waals surface area (Å²) in [6, 6.07) is 2.39. The number of likely N-dealkylation sites (tertiary alicyclic amines) is 1. The molecule has 0 radical (unpaired) electrons. The van der Waals surface area contributed by atoms with Gasteiger partial charge in [0, 0.05) is 28.1 Å². The van der Waals surface area contributed by atoms with Gasteiger partial charge in [-0.2, -0.15) is 11.8 Å². The summed E-state index contributed by atoms with van der Waals surface area (Å²) in [6.45, 7) is 6.94. The van der Waals surface area contributed by atoms with E-state index in [0.717, 1.165) is 18.3 Å². The van der Waals surface area contributed by atoms with E-state index in [1.807, 2.05) is 30.1 Å². The van der Waals surface area contributed by atoms with Crippen molar-refractivity contribution in [1.82, 2.24) is 10.2 Å². The summed E-state index contributed by atoms with van der Waals surface area (Å²) in [5, 5.41) is 4.13. The van der Waals surface area contributed by atoms with E-state index >= 15 is 0 Å². The van der Waals surface area contributed by atoms with Crippen molar-refractivity contribution in [3.8, 4) is 0 Å². The van der Waals surface area contributed by atoms with E-state index in [2.05, 4.69) is 29.5 Å². The molecule has 0 bridgehead atoms. The Morgan fingerprint density at radius 3 is 2.78 bits per heavy atom. The first-order valence-electron chi connectivity index (χ1n) is 6.71. The Balaban J connectivity index is 1.89.